The Labute approximate surface area is 144 Å². The molecular weight excluding hydrogens is 324 g/mol. The van der Waals surface area contributed by atoms with Crippen molar-refractivity contribution in [2.75, 3.05) is 24.4 Å². The molecule has 7 nitrogen and oxygen atoms in total. The second-order valence-corrected chi connectivity index (χ2v) is 5.47. The Morgan fingerprint density at radius 3 is 2.64 bits per heavy atom. The zero-order valence-electron chi connectivity index (χ0n) is 13.9. The molecule has 0 spiro atoms. The van der Waals surface area contributed by atoms with Gasteiger partial charge >= 0.3 is 0 Å². The van der Waals surface area contributed by atoms with Gasteiger partial charge in [-0.25, -0.2) is 0 Å². The van der Waals surface area contributed by atoms with Crippen molar-refractivity contribution in [2.24, 2.45) is 0 Å². The Morgan fingerprint density at radius 2 is 1.92 bits per heavy atom. The minimum atomic E-state index is -0.536. The van der Waals surface area contributed by atoms with E-state index in [1.807, 2.05) is 0 Å². The quantitative estimate of drug-likeness (QED) is 0.872. The first-order valence-corrected chi connectivity index (χ1v) is 7.73. The number of nitrogens with one attached hydrogen (secondary N) is 2. The van der Waals surface area contributed by atoms with Gasteiger partial charge in [-0.1, -0.05) is 0 Å². The van der Waals surface area contributed by atoms with E-state index < -0.39 is 6.10 Å². The molecular formula is C18H18N2O5. The third-order valence-electron chi connectivity index (χ3n) is 3.62. The van der Waals surface area contributed by atoms with Crippen LogP contribution in [0.1, 0.15) is 6.92 Å². The fourth-order valence-corrected chi connectivity index (χ4v) is 2.30. The molecule has 0 unspecified atom stereocenters. The Bertz CT molecular complexity index is 789. The predicted octanol–water partition coefficient (Wildman–Crippen LogP) is 2.43. The van der Waals surface area contributed by atoms with Gasteiger partial charge in [0.25, 0.3) is 11.8 Å². The van der Waals surface area contributed by atoms with Crippen molar-refractivity contribution in [3.63, 3.8) is 0 Å². The molecule has 130 valence electrons. The van der Waals surface area contributed by atoms with Gasteiger partial charge in [-0.2, -0.15) is 0 Å². The van der Waals surface area contributed by atoms with Gasteiger partial charge in [0.05, 0.1) is 12.8 Å². The number of carbonyl (C=O) groups is 2. The molecule has 0 aliphatic carbocycles. The lowest BCUT2D eigenvalue weighted by atomic mass is 10.2. The third kappa shape index (κ3) is 4.00. The number of hydrogen-bond acceptors (Lipinski definition) is 5. The number of ether oxygens (including phenoxy) is 3. The number of methoxy groups -OCH3 is 1. The Kier molecular flexibility index (Phi) is 4.74. The fourth-order valence-electron chi connectivity index (χ4n) is 2.30. The van der Waals surface area contributed by atoms with E-state index >= 15 is 0 Å². The average Bonchev–Trinajstić information content (AvgIpc) is 2.61. The van der Waals surface area contributed by atoms with Crippen LogP contribution in [-0.4, -0.2) is 31.6 Å². The first kappa shape index (κ1) is 16.6. The number of amides is 2. The number of benzene rings is 2. The van der Waals surface area contributed by atoms with E-state index in [0.29, 0.717) is 28.6 Å². The minimum absolute atomic E-state index is 0.136. The molecule has 0 bridgehead atoms. The van der Waals surface area contributed by atoms with Gasteiger partial charge in [-0.05, 0) is 49.4 Å². The van der Waals surface area contributed by atoms with Crippen molar-refractivity contribution in [1.82, 2.24) is 0 Å². The minimum Gasteiger partial charge on any atom is -0.497 e. The van der Waals surface area contributed by atoms with Crippen LogP contribution in [0.15, 0.2) is 42.5 Å². The molecule has 2 N–H and O–H groups in total. The van der Waals surface area contributed by atoms with Crippen LogP contribution in [0.5, 0.6) is 17.2 Å². The van der Waals surface area contributed by atoms with E-state index in [-0.39, 0.29) is 18.4 Å². The number of hydrogen-bond donors (Lipinski definition) is 2. The first-order chi connectivity index (χ1) is 12.0. The van der Waals surface area contributed by atoms with Gasteiger partial charge in [0, 0.05) is 5.69 Å². The number of carbonyl (C=O) groups excluding carboxylic acids is 2. The highest BCUT2D eigenvalue weighted by Crippen LogP contribution is 2.32. The SMILES string of the molecule is COc1ccc(OCC(=O)Nc2ccc3c(c2)NC(=O)[C@@H](C)O3)cc1. The Morgan fingerprint density at radius 1 is 1.20 bits per heavy atom. The molecule has 25 heavy (non-hydrogen) atoms. The molecule has 1 aliphatic heterocycles. The van der Waals surface area contributed by atoms with Crippen molar-refractivity contribution in [1.29, 1.82) is 0 Å². The molecule has 0 saturated heterocycles. The van der Waals surface area contributed by atoms with Crippen LogP contribution < -0.4 is 24.8 Å². The lowest BCUT2D eigenvalue weighted by Gasteiger charge is -2.23. The Balaban J connectivity index is 1.57. The molecule has 3 rings (SSSR count). The number of fused-ring (bicyclic) bond motifs is 1. The van der Waals surface area contributed by atoms with Crippen molar-refractivity contribution < 1.29 is 23.8 Å². The molecule has 1 heterocycles. The van der Waals surface area contributed by atoms with Crippen LogP contribution in [0.2, 0.25) is 0 Å². The molecule has 2 aromatic rings. The summed E-state index contributed by atoms with van der Waals surface area (Å²) >= 11 is 0. The molecule has 0 saturated carbocycles. The maximum absolute atomic E-state index is 12.0. The van der Waals surface area contributed by atoms with Crippen LogP contribution in [0.4, 0.5) is 11.4 Å². The molecule has 1 atom stereocenters. The monoisotopic (exact) mass is 342 g/mol. The molecule has 2 aromatic carbocycles. The highest BCUT2D eigenvalue weighted by Gasteiger charge is 2.23. The van der Waals surface area contributed by atoms with E-state index in [0.717, 1.165) is 0 Å². The molecule has 0 aromatic heterocycles. The van der Waals surface area contributed by atoms with Gasteiger partial charge in [0.1, 0.15) is 17.2 Å². The molecule has 1 aliphatic rings. The smallest absolute Gasteiger partial charge is 0.265 e. The summed E-state index contributed by atoms with van der Waals surface area (Å²) in [5.74, 6) is 1.31. The highest BCUT2D eigenvalue weighted by atomic mass is 16.5. The third-order valence-corrected chi connectivity index (χ3v) is 3.62. The van der Waals surface area contributed by atoms with Crippen LogP contribution in [-0.2, 0) is 9.59 Å². The number of anilines is 2. The van der Waals surface area contributed by atoms with Gasteiger partial charge in [-0.3, -0.25) is 9.59 Å². The maximum Gasteiger partial charge on any atom is 0.265 e. The van der Waals surface area contributed by atoms with Crippen molar-refractivity contribution in [3.05, 3.63) is 42.5 Å². The molecule has 0 fully saturated rings. The summed E-state index contributed by atoms with van der Waals surface area (Å²) in [6, 6.07) is 12.0. The molecule has 2 amide bonds. The van der Waals surface area contributed by atoms with Crippen LogP contribution in [0, 0.1) is 0 Å². The van der Waals surface area contributed by atoms with E-state index in [1.165, 1.54) is 0 Å². The van der Waals surface area contributed by atoms with Crippen LogP contribution in [0.3, 0.4) is 0 Å². The predicted molar refractivity (Wildman–Crippen MR) is 92.3 cm³/mol. The van der Waals surface area contributed by atoms with E-state index in [1.54, 1.807) is 56.5 Å². The number of rotatable bonds is 5. The normalized spacial score (nSPS) is 15.4. The zero-order chi connectivity index (χ0) is 17.8. The maximum atomic E-state index is 12.0. The Hall–Kier alpha value is -3.22. The second-order valence-electron chi connectivity index (χ2n) is 5.47. The molecule has 0 radical (unpaired) electrons. The summed E-state index contributed by atoms with van der Waals surface area (Å²) in [6.07, 6.45) is -0.536. The average molecular weight is 342 g/mol. The van der Waals surface area contributed by atoms with Gasteiger partial charge in [0.15, 0.2) is 12.7 Å². The van der Waals surface area contributed by atoms with Crippen LogP contribution in [0.25, 0.3) is 0 Å². The topological polar surface area (TPSA) is 85.9 Å². The van der Waals surface area contributed by atoms with E-state index in [9.17, 15) is 9.59 Å². The summed E-state index contributed by atoms with van der Waals surface area (Å²) in [4.78, 5) is 23.7. The summed E-state index contributed by atoms with van der Waals surface area (Å²) < 4.78 is 15.9. The lowest BCUT2D eigenvalue weighted by molar-refractivity contribution is -0.122. The molecule has 7 heteroatoms. The van der Waals surface area contributed by atoms with Crippen molar-refractivity contribution in [2.45, 2.75) is 13.0 Å². The summed E-state index contributed by atoms with van der Waals surface area (Å²) in [6.45, 7) is 1.54. The van der Waals surface area contributed by atoms with E-state index in [4.69, 9.17) is 14.2 Å². The summed E-state index contributed by atoms with van der Waals surface area (Å²) in [7, 11) is 1.58. The summed E-state index contributed by atoms with van der Waals surface area (Å²) in [5, 5.41) is 5.45. The van der Waals surface area contributed by atoms with E-state index in [2.05, 4.69) is 10.6 Å². The van der Waals surface area contributed by atoms with Crippen molar-refractivity contribution in [3.8, 4) is 17.2 Å². The largest absolute Gasteiger partial charge is 0.497 e. The van der Waals surface area contributed by atoms with Crippen molar-refractivity contribution >= 4 is 23.2 Å². The zero-order valence-corrected chi connectivity index (χ0v) is 13.9. The first-order valence-electron chi connectivity index (χ1n) is 7.73. The highest BCUT2D eigenvalue weighted by molar-refractivity contribution is 5.99. The summed E-state index contributed by atoms with van der Waals surface area (Å²) in [5.41, 5.74) is 1.07. The van der Waals surface area contributed by atoms with Gasteiger partial charge < -0.3 is 24.8 Å². The second kappa shape index (κ2) is 7.12. The fraction of sp³-hybridized carbons (Fsp3) is 0.222. The van der Waals surface area contributed by atoms with Gasteiger partial charge in [0.2, 0.25) is 0 Å². The standard InChI is InChI=1S/C18H18N2O5/c1-11-18(22)20-15-9-12(3-8-16(15)25-11)19-17(21)10-24-14-6-4-13(23-2)5-7-14/h3-9,11H,10H2,1-2H3,(H,19,21)(H,20,22)/t11-/m1/s1. The van der Waals surface area contributed by atoms with Gasteiger partial charge in [-0.15, -0.1) is 0 Å². The lowest BCUT2D eigenvalue weighted by Crippen LogP contribution is -2.34. The van der Waals surface area contributed by atoms with Crippen LogP contribution >= 0.6 is 0 Å².